The number of amides is 4. The van der Waals surface area contributed by atoms with Crippen LogP contribution in [0.15, 0.2) is 63.5 Å². The van der Waals surface area contributed by atoms with Gasteiger partial charge in [-0.3, -0.25) is 19.7 Å². The van der Waals surface area contributed by atoms with Gasteiger partial charge in [0, 0.05) is 5.02 Å². The summed E-state index contributed by atoms with van der Waals surface area (Å²) in [4.78, 5) is 50.6. The Balaban J connectivity index is 1.81. The zero-order chi connectivity index (χ0) is 20.7. The molecule has 1 aliphatic heterocycles. The largest absolute Gasteiger partial charge is 0.463 e. The number of rotatable bonds is 2. The number of barbiturate groups is 1. The molecule has 1 saturated heterocycles. The van der Waals surface area contributed by atoms with E-state index < -0.39 is 34.7 Å². The van der Waals surface area contributed by atoms with E-state index in [1.165, 1.54) is 30.3 Å². The molecule has 0 radical (unpaired) electrons. The zero-order valence-electron chi connectivity index (χ0n) is 14.4. The molecule has 4 amide bonds. The first-order valence-corrected chi connectivity index (χ1v) is 8.61. The van der Waals surface area contributed by atoms with Crippen LogP contribution in [-0.2, 0) is 9.59 Å². The standard InChI is InChI=1S/C20H10ClFN2O5/c21-11-1-4-13(5-2-11)24-19(27)15(18(26)23-20(24)28)7-10-9-29-16-6-3-12(22)8-14(16)17(10)25/h1-9H,(H,23,26,28)/b15-7+. The Morgan fingerprint density at radius 3 is 2.48 bits per heavy atom. The van der Waals surface area contributed by atoms with Gasteiger partial charge in [-0.05, 0) is 48.5 Å². The van der Waals surface area contributed by atoms with E-state index >= 15 is 0 Å². The Morgan fingerprint density at radius 1 is 1.03 bits per heavy atom. The fourth-order valence-electron chi connectivity index (χ4n) is 2.86. The van der Waals surface area contributed by atoms with Crippen molar-refractivity contribution in [2.24, 2.45) is 0 Å². The Kier molecular flexibility index (Phi) is 4.48. The van der Waals surface area contributed by atoms with Crippen molar-refractivity contribution in [2.45, 2.75) is 0 Å². The molecule has 29 heavy (non-hydrogen) atoms. The van der Waals surface area contributed by atoms with Gasteiger partial charge in [-0.25, -0.2) is 14.1 Å². The van der Waals surface area contributed by atoms with Gasteiger partial charge in [0.1, 0.15) is 23.2 Å². The van der Waals surface area contributed by atoms with Gasteiger partial charge in [0.25, 0.3) is 11.8 Å². The fraction of sp³-hybridized carbons (Fsp3) is 0. The number of anilines is 1. The van der Waals surface area contributed by atoms with E-state index in [2.05, 4.69) is 0 Å². The summed E-state index contributed by atoms with van der Waals surface area (Å²) in [5.41, 5.74) is -0.901. The van der Waals surface area contributed by atoms with Gasteiger partial charge in [0.2, 0.25) is 0 Å². The van der Waals surface area contributed by atoms with Crippen molar-refractivity contribution in [3.63, 3.8) is 0 Å². The molecule has 0 bridgehead atoms. The highest BCUT2D eigenvalue weighted by atomic mass is 35.5. The third-order valence-electron chi connectivity index (χ3n) is 4.25. The number of urea groups is 1. The van der Waals surface area contributed by atoms with Crippen molar-refractivity contribution < 1.29 is 23.2 Å². The predicted molar refractivity (Wildman–Crippen MR) is 103 cm³/mol. The quantitative estimate of drug-likeness (QED) is 0.515. The number of nitrogens with one attached hydrogen (secondary N) is 1. The highest BCUT2D eigenvalue weighted by Crippen LogP contribution is 2.23. The number of carbonyl (C=O) groups excluding carboxylic acids is 3. The summed E-state index contributed by atoms with van der Waals surface area (Å²) < 4.78 is 18.8. The van der Waals surface area contributed by atoms with Crippen LogP contribution >= 0.6 is 11.6 Å². The van der Waals surface area contributed by atoms with Crippen LogP contribution in [0.25, 0.3) is 17.0 Å². The minimum Gasteiger partial charge on any atom is -0.463 e. The first-order valence-electron chi connectivity index (χ1n) is 8.23. The minimum absolute atomic E-state index is 0.0475. The van der Waals surface area contributed by atoms with Crippen LogP contribution in [0.3, 0.4) is 0 Å². The number of benzene rings is 2. The lowest BCUT2D eigenvalue weighted by Crippen LogP contribution is -2.54. The average Bonchev–Trinajstić information content (AvgIpc) is 2.68. The van der Waals surface area contributed by atoms with Gasteiger partial charge in [-0.15, -0.1) is 0 Å². The monoisotopic (exact) mass is 412 g/mol. The van der Waals surface area contributed by atoms with Gasteiger partial charge < -0.3 is 4.42 Å². The zero-order valence-corrected chi connectivity index (χ0v) is 15.2. The van der Waals surface area contributed by atoms with Crippen molar-refractivity contribution >= 4 is 52.2 Å². The number of carbonyl (C=O) groups is 3. The van der Waals surface area contributed by atoms with Gasteiger partial charge in [-0.1, -0.05) is 11.6 Å². The van der Waals surface area contributed by atoms with Crippen LogP contribution in [0, 0.1) is 5.82 Å². The Morgan fingerprint density at radius 2 is 1.76 bits per heavy atom. The van der Waals surface area contributed by atoms with E-state index in [1.807, 2.05) is 5.32 Å². The summed E-state index contributed by atoms with van der Waals surface area (Å²) in [6.45, 7) is 0. The third-order valence-corrected chi connectivity index (χ3v) is 4.50. The van der Waals surface area contributed by atoms with Gasteiger partial charge in [0.05, 0.1) is 16.6 Å². The maximum absolute atomic E-state index is 13.5. The van der Waals surface area contributed by atoms with E-state index in [4.69, 9.17) is 16.0 Å². The van der Waals surface area contributed by atoms with E-state index in [0.717, 1.165) is 29.4 Å². The number of hydrogen-bond acceptors (Lipinski definition) is 5. The second kappa shape index (κ2) is 6.99. The third kappa shape index (κ3) is 3.30. The second-order valence-electron chi connectivity index (χ2n) is 6.09. The molecule has 0 spiro atoms. The van der Waals surface area contributed by atoms with Crippen molar-refractivity contribution in [3.8, 4) is 0 Å². The van der Waals surface area contributed by atoms with Crippen LogP contribution in [0.5, 0.6) is 0 Å². The molecule has 1 aromatic heterocycles. The maximum atomic E-state index is 13.5. The molecule has 2 heterocycles. The summed E-state index contributed by atoms with van der Waals surface area (Å²) in [6.07, 6.45) is 2.06. The molecule has 0 atom stereocenters. The smallest absolute Gasteiger partial charge is 0.335 e. The minimum atomic E-state index is -0.969. The Labute approximate surface area is 167 Å². The lowest BCUT2D eigenvalue weighted by Gasteiger charge is -2.26. The molecule has 1 aliphatic rings. The molecule has 7 nitrogen and oxygen atoms in total. The highest BCUT2D eigenvalue weighted by Gasteiger charge is 2.37. The number of fused-ring (bicyclic) bond motifs is 1. The molecule has 2 aromatic carbocycles. The fourth-order valence-corrected chi connectivity index (χ4v) is 2.98. The van der Waals surface area contributed by atoms with Gasteiger partial charge >= 0.3 is 6.03 Å². The number of hydrogen-bond donors (Lipinski definition) is 1. The first kappa shape index (κ1) is 18.6. The van der Waals surface area contributed by atoms with Crippen molar-refractivity contribution in [2.75, 3.05) is 4.90 Å². The molecule has 1 N–H and O–H groups in total. The average molecular weight is 413 g/mol. The van der Waals surface area contributed by atoms with E-state index in [0.29, 0.717) is 5.02 Å². The lowest BCUT2D eigenvalue weighted by molar-refractivity contribution is -0.122. The Bertz CT molecular complexity index is 1280. The first-order chi connectivity index (χ1) is 13.8. The summed E-state index contributed by atoms with van der Waals surface area (Å²) in [5, 5.41) is 2.39. The highest BCUT2D eigenvalue weighted by molar-refractivity contribution is 6.39. The second-order valence-corrected chi connectivity index (χ2v) is 6.53. The molecule has 3 aromatic rings. The van der Waals surface area contributed by atoms with Crippen LogP contribution in [0.2, 0.25) is 5.02 Å². The van der Waals surface area contributed by atoms with Gasteiger partial charge in [-0.2, -0.15) is 0 Å². The number of imide groups is 2. The molecule has 0 unspecified atom stereocenters. The summed E-state index contributed by atoms with van der Waals surface area (Å²) in [6, 6.07) is 8.30. The van der Waals surface area contributed by atoms with E-state index in [9.17, 15) is 23.6 Å². The molecule has 144 valence electrons. The lowest BCUT2D eigenvalue weighted by atomic mass is 10.1. The van der Waals surface area contributed by atoms with Crippen LogP contribution < -0.4 is 15.6 Å². The molecule has 4 rings (SSSR count). The summed E-state index contributed by atoms with van der Waals surface area (Å²) >= 11 is 5.82. The predicted octanol–water partition coefficient (Wildman–Crippen LogP) is 3.25. The van der Waals surface area contributed by atoms with E-state index in [-0.39, 0.29) is 22.2 Å². The van der Waals surface area contributed by atoms with E-state index in [1.54, 1.807) is 0 Å². The molecule has 0 aliphatic carbocycles. The van der Waals surface area contributed by atoms with Crippen LogP contribution in [0.1, 0.15) is 5.56 Å². The number of halogens is 2. The number of nitrogens with zero attached hydrogens (tertiary/aromatic N) is 1. The molecule has 0 saturated carbocycles. The van der Waals surface area contributed by atoms with Gasteiger partial charge in [0.15, 0.2) is 5.43 Å². The molecular weight excluding hydrogens is 403 g/mol. The van der Waals surface area contributed by atoms with Crippen molar-refractivity contribution in [3.05, 3.63) is 80.9 Å². The summed E-state index contributed by atoms with van der Waals surface area (Å²) in [5.74, 6) is -2.54. The maximum Gasteiger partial charge on any atom is 0.335 e. The van der Waals surface area contributed by atoms with Crippen LogP contribution in [-0.4, -0.2) is 17.8 Å². The topological polar surface area (TPSA) is 96.7 Å². The molecule has 1 fully saturated rings. The molecule has 9 heteroatoms. The molecular formula is C20H10ClFN2O5. The SMILES string of the molecule is O=C1NC(=O)N(c2ccc(Cl)cc2)C(=O)/C1=C/c1coc2ccc(F)cc2c1=O. The van der Waals surface area contributed by atoms with Crippen molar-refractivity contribution in [1.29, 1.82) is 0 Å². The van der Waals surface area contributed by atoms with Crippen LogP contribution in [0.4, 0.5) is 14.9 Å². The van der Waals surface area contributed by atoms with Crippen molar-refractivity contribution in [1.82, 2.24) is 5.32 Å². The summed E-state index contributed by atoms with van der Waals surface area (Å²) in [7, 11) is 0. The normalized spacial score (nSPS) is 15.9. The Hall–Kier alpha value is -3.78.